The number of halogens is 2. The molecule has 0 saturated carbocycles. The van der Waals surface area contributed by atoms with Gasteiger partial charge < -0.3 is 5.73 Å². The standard InChI is InChI=1S/C14H13Cl2N3S/c1-8-7-19-12(4-5-17)13(18-14(19)20-8)10-3-2-9(15)6-11(10)16/h2-3,6-7H,4-5,17H2,1H3. The Hall–Kier alpha value is -1.07. The molecule has 0 aliphatic rings. The fourth-order valence-electron chi connectivity index (χ4n) is 2.27. The van der Waals surface area contributed by atoms with E-state index in [2.05, 4.69) is 17.5 Å². The summed E-state index contributed by atoms with van der Waals surface area (Å²) in [5.41, 5.74) is 8.62. The van der Waals surface area contributed by atoms with E-state index in [9.17, 15) is 0 Å². The van der Waals surface area contributed by atoms with Gasteiger partial charge in [-0.25, -0.2) is 4.98 Å². The molecule has 2 aromatic heterocycles. The van der Waals surface area contributed by atoms with Crippen molar-refractivity contribution in [1.82, 2.24) is 9.38 Å². The Balaban J connectivity index is 2.24. The van der Waals surface area contributed by atoms with E-state index in [0.717, 1.165) is 28.3 Å². The SMILES string of the molecule is Cc1cn2c(CCN)c(-c3ccc(Cl)cc3Cl)nc2s1. The molecular weight excluding hydrogens is 313 g/mol. The van der Waals surface area contributed by atoms with Crippen LogP contribution in [0.4, 0.5) is 0 Å². The predicted molar refractivity (Wildman–Crippen MR) is 86.0 cm³/mol. The number of rotatable bonds is 3. The molecule has 0 aliphatic carbocycles. The van der Waals surface area contributed by atoms with Crippen molar-refractivity contribution in [3.63, 3.8) is 0 Å². The first-order chi connectivity index (χ1) is 9.60. The van der Waals surface area contributed by atoms with Gasteiger partial charge in [0.05, 0.1) is 16.4 Å². The molecule has 0 atom stereocenters. The summed E-state index contributed by atoms with van der Waals surface area (Å²) >= 11 is 13.9. The number of fused-ring (bicyclic) bond motifs is 1. The van der Waals surface area contributed by atoms with Gasteiger partial charge in [0.25, 0.3) is 0 Å². The Bertz CT molecular complexity index is 776. The van der Waals surface area contributed by atoms with Gasteiger partial charge >= 0.3 is 0 Å². The number of hydrogen-bond acceptors (Lipinski definition) is 3. The monoisotopic (exact) mass is 325 g/mol. The lowest BCUT2D eigenvalue weighted by Gasteiger charge is -2.05. The highest BCUT2D eigenvalue weighted by Crippen LogP contribution is 2.34. The summed E-state index contributed by atoms with van der Waals surface area (Å²) in [6.07, 6.45) is 2.84. The first-order valence-electron chi connectivity index (χ1n) is 6.23. The lowest BCUT2D eigenvalue weighted by molar-refractivity contribution is 0.910. The van der Waals surface area contributed by atoms with Gasteiger partial charge in [-0.05, 0) is 31.7 Å². The second kappa shape index (κ2) is 5.37. The molecule has 1 aromatic carbocycles. The summed E-state index contributed by atoms with van der Waals surface area (Å²) in [6, 6.07) is 5.47. The summed E-state index contributed by atoms with van der Waals surface area (Å²) in [4.78, 5) is 6.90. The maximum absolute atomic E-state index is 6.30. The van der Waals surface area contributed by atoms with Crippen LogP contribution in [0.5, 0.6) is 0 Å². The molecule has 3 nitrogen and oxygen atoms in total. The minimum absolute atomic E-state index is 0.570. The molecule has 6 heteroatoms. The third kappa shape index (κ3) is 2.33. The van der Waals surface area contributed by atoms with Crippen molar-refractivity contribution in [2.24, 2.45) is 5.73 Å². The third-order valence-electron chi connectivity index (χ3n) is 3.11. The lowest BCUT2D eigenvalue weighted by Crippen LogP contribution is -2.05. The van der Waals surface area contributed by atoms with E-state index in [1.54, 1.807) is 17.4 Å². The molecule has 0 bridgehead atoms. The Labute approximate surface area is 131 Å². The third-order valence-corrected chi connectivity index (χ3v) is 4.55. The van der Waals surface area contributed by atoms with Crippen LogP contribution in [0, 0.1) is 6.92 Å². The van der Waals surface area contributed by atoms with Crippen LogP contribution < -0.4 is 5.73 Å². The molecule has 0 saturated heterocycles. The molecule has 104 valence electrons. The van der Waals surface area contributed by atoms with Crippen LogP contribution in [0.1, 0.15) is 10.6 Å². The van der Waals surface area contributed by atoms with Crippen molar-refractivity contribution < 1.29 is 0 Å². The average molecular weight is 326 g/mol. The van der Waals surface area contributed by atoms with Crippen molar-refractivity contribution in [2.45, 2.75) is 13.3 Å². The summed E-state index contributed by atoms with van der Waals surface area (Å²) in [5.74, 6) is 0. The van der Waals surface area contributed by atoms with E-state index in [4.69, 9.17) is 33.9 Å². The Morgan fingerprint density at radius 1 is 1.35 bits per heavy atom. The number of imidazole rings is 1. The average Bonchev–Trinajstić information content (AvgIpc) is 2.88. The van der Waals surface area contributed by atoms with E-state index < -0.39 is 0 Å². The second-order valence-electron chi connectivity index (χ2n) is 4.56. The van der Waals surface area contributed by atoms with Crippen LogP contribution >= 0.6 is 34.5 Å². The predicted octanol–water partition coefficient (Wildman–Crippen LogP) is 4.18. The maximum Gasteiger partial charge on any atom is 0.194 e. The highest BCUT2D eigenvalue weighted by Gasteiger charge is 2.17. The summed E-state index contributed by atoms with van der Waals surface area (Å²) < 4.78 is 2.10. The minimum Gasteiger partial charge on any atom is -0.330 e. The van der Waals surface area contributed by atoms with Gasteiger partial charge in [-0.3, -0.25) is 4.40 Å². The molecule has 0 aliphatic heterocycles. The fraction of sp³-hybridized carbons (Fsp3) is 0.214. The second-order valence-corrected chi connectivity index (χ2v) is 6.62. The molecule has 0 amide bonds. The number of hydrogen-bond donors (Lipinski definition) is 1. The largest absolute Gasteiger partial charge is 0.330 e. The molecule has 2 heterocycles. The normalized spacial score (nSPS) is 11.4. The summed E-state index contributed by atoms with van der Waals surface area (Å²) in [5, 5.41) is 1.23. The minimum atomic E-state index is 0.570. The molecule has 0 radical (unpaired) electrons. The first kappa shape index (κ1) is 13.9. The van der Waals surface area contributed by atoms with Gasteiger partial charge in [0.15, 0.2) is 4.96 Å². The number of nitrogens with two attached hydrogens (primary N) is 1. The van der Waals surface area contributed by atoms with E-state index in [0.29, 0.717) is 16.6 Å². The van der Waals surface area contributed by atoms with Crippen molar-refractivity contribution in [1.29, 1.82) is 0 Å². The van der Waals surface area contributed by atoms with Crippen LogP contribution in [-0.2, 0) is 6.42 Å². The highest BCUT2D eigenvalue weighted by molar-refractivity contribution is 7.17. The van der Waals surface area contributed by atoms with Gasteiger partial charge in [0.1, 0.15) is 0 Å². The van der Waals surface area contributed by atoms with Crippen LogP contribution in [0.25, 0.3) is 16.2 Å². The summed E-state index contributed by atoms with van der Waals surface area (Å²) in [7, 11) is 0. The van der Waals surface area contributed by atoms with Crippen molar-refractivity contribution in [3.05, 3.63) is 45.0 Å². The van der Waals surface area contributed by atoms with Crippen molar-refractivity contribution >= 4 is 39.5 Å². The van der Waals surface area contributed by atoms with E-state index >= 15 is 0 Å². The molecule has 0 spiro atoms. The number of benzene rings is 1. The zero-order valence-corrected chi connectivity index (χ0v) is 13.2. The van der Waals surface area contributed by atoms with Gasteiger partial charge in [-0.15, -0.1) is 11.3 Å². The molecule has 3 rings (SSSR count). The lowest BCUT2D eigenvalue weighted by atomic mass is 10.1. The smallest absolute Gasteiger partial charge is 0.194 e. The van der Waals surface area contributed by atoms with Crippen LogP contribution in [0.15, 0.2) is 24.4 Å². The zero-order chi connectivity index (χ0) is 14.3. The van der Waals surface area contributed by atoms with Gasteiger partial charge in [-0.2, -0.15) is 0 Å². The number of aryl methyl sites for hydroxylation is 1. The molecule has 3 aromatic rings. The Kier molecular flexibility index (Phi) is 3.73. The van der Waals surface area contributed by atoms with Crippen LogP contribution in [-0.4, -0.2) is 15.9 Å². The topological polar surface area (TPSA) is 43.3 Å². The number of aromatic nitrogens is 2. The number of thiazole rings is 1. The molecule has 0 fully saturated rings. The van der Waals surface area contributed by atoms with Crippen molar-refractivity contribution in [3.8, 4) is 11.3 Å². The van der Waals surface area contributed by atoms with E-state index in [1.165, 1.54) is 4.88 Å². The fourth-order valence-corrected chi connectivity index (χ4v) is 3.62. The van der Waals surface area contributed by atoms with Crippen molar-refractivity contribution in [2.75, 3.05) is 6.54 Å². The molecule has 0 unspecified atom stereocenters. The number of nitrogens with zero attached hydrogens (tertiary/aromatic N) is 2. The maximum atomic E-state index is 6.30. The van der Waals surface area contributed by atoms with Gasteiger partial charge in [0.2, 0.25) is 0 Å². The zero-order valence-electron chi connectivity index (χ0n) is 10.9. The Morgan fingerprint density at radius 3 is 2.85 bits per heavy atom. The van der Waals surface area contributed by atoms with Gasteiger partial charge in [0, 0.05) is 28.1 Å². The molecule has 20 heavy (non-hydrogen) atoms. The molecule has 2 N–H and O–H groups in total. The quantitative estimate of drug-likeness (QED) is 0.785. The van der Waals surface area contributed by atoms with E-state index in [1.807, 2.05) is 12.1 Å². The highest BCUT2D eigenvalue weighted by atomic mass is 35.5. The van der Waals surface area contributed by atoms with Crippen LogP contribution in [0.2, 0.25) is 10.0 Å². The van der Waals surface area contributed by atoms with Gasteiger partial charge in [-0.1, -0.05) is 23.2 Å². The van der Waals surface area contributed by atoms with Crippen LogP contribution in [0.3, 0.4) is 0 Å². The van der Waals surface area contributed by atoms with E-state index in [-0.39, 0.29) is 0 Å². The summed E-state index contributed by atoms with van der Waals surface area (Å²) in [6.45, 7) is 2.64. The molecular formula is C14H13Cl2N3S. The first-order valence-corrected chi connectivity index (χ1v) is 7.80. The Morgan fingerprint density at radius 2 is 2.15 bits per heavy atom.